The van der Waals surface area contributed by atoms with E-state index >= 15 is 0 Å². The molecule has 2 rings (SSSR count). The van der Waals surface area contributed by atoms with Crippen LogP contribution in [-0.2, 0) is 0 Å². The van der Waals surface area contributed by atoms with Gasteiger partial charge in [-0.25, -0.2) is 4.98 Å². The highest BCUT2D eigenvalue weighted by Crippen LogP contribution is 2.24. The highest BCUT2D eigenvalue weighted by Gasteiger charge is 2.29. The van der Waals surface area contributed by atoms with Gasteiger partial charge in [-0.3, -0.25) is 0 Å². The molecule has 108 valence electrons. The Labute approximate surface area is 120 Å². The zero-order chi connectivity index (χ0) is 13.2. The van der Waals surface area contributed by atoms with Gasteiger partial charge in [-0.2, -0.15) is 0 Å². The number of aliphatic hydroxyl groups excluding tert-OH is 1. The number of hydrogen-bond donors (Lipinski definition) is 3. The monoisotopic (exact) mass is 287 g/mol. The Balaban J connectivity index is 0.00000180. The van der Waals surface area contributed by atoms with Crippen LogP contribution in [0.2, 0.25) is 0 Å². The average molecular weight is 288 g/mol. The molecular weight excluding hydrogens is 266 g/mol. The molecule has 0 aromatic carbocycles. The number of quaternary nitrogens is 1. The van der Waals surface area contributed by atoms with Crippen LogP contribution in [0.4, 0.5) is 17.2 Å². The first-order chi connectivity index (χ1) is 8.54. The Morgan fingerprint density at radius 3 is 2.53 bits per heavy atom. The maximum Gasteiger partial charge on any atom is 0.152 e. The van der Waals surface area contributed by atoms with Crippen LogP contribution in [-0.4, -0.2) is 61.0 Å². The SMILES string of the molecule is C[N+]1(CCO)CCN(c2ncc(N)cc2N)CC1.[Cl-]. The van der Waals surface area contributed by atoms with E-state index in [2.05, 4.69) is 16.9 Å². The van der Waals surface area contributed by atoms with Crippen molar-refractivity contribution in [1.82, 2.24) is 4.98 Å². The van der Waals surface area contributed by atoms with Crippen molar-refractivity contribution >= 4 is 17.2 Å². The van der Waals surface area contributed by atoms with Crippen LogP contribution >= 0.6 is 0 Å². The Bertz CT molecular complexity index is 421. The lowest BCUT2D eigenvalue weighted by atomic mass is 10.2. The number of piperazine rings is 1. The van der Waals surface area contributed by atoms with E-state index in [-0.39, 0.29) is 19.0 Å². The summed E-state index contributed by atoms with van der Waals surface area (Å²) in [7, 11) is 2.17. The minimum Gasteiger partial charge on any atom is -1.00 e. The number of anilines is 3. The van der Waals surface area contributed by atoms with Crippen molar-refractivity contribution in [3.63, 3.8) is 0 Å². The fourth-order valence-electron chi connectivity index (χ4n) is 2.38. The number of nitrogens with zero attached hydrogens (tertiary/aromatic N) is 3. The number of pyridine rings is 1. The average Bonchev–Trinajstić information content (AvgIpc) is 2.31. The summed E-state index contributed by atoms with van der Waals surface area (Å²) >= 11 is 0. The molecule has 0 saturated carbocycles. The summed E-state index contributed by atoms with van der Waals surface area (Å²) in [4.78, 5) is 6.50. The van der Waals surface area contributed by atoms with E-state index in [0.29, 0.717) is 11.4 Å². The van der Waals surface area contributed by atoms with Gasteiger partial charge in [0.1, 0.15) is 6.54 Å². The fraction of sp³-hybridized carbons (Fsp3) is 0.583. The van der Waals surface area contributed by atoms with E-state index in [4.69, 9.17) is 16.6 Å². The normalized spacial score (nSPS) is 17.9. The Morgan fingerprint density at radius 2 is 2.00 bits per heavy atom. The molecule has 0 radical (unpaired) electrons. The van der Waals surface area contributed by atoms with Gasteiger partial charge in [-0.15, -0.1) is 0 Å². The topological polar surface area (TPSA) is 88.4 Å². The first-order valence-corrected chi connectivity index (χ1v) is 6.24. The van der Waals surface area contributed by atoms with Gasteiger partial charge in [0.25, 0.3) is 0 Å². The molecule has 5 N–H and O–H groups in total. The maximum absolute atomic E-state index is 9.07. The number of nitrogen functional groups attached to an aromatic ring is 2. The lowest BCUT2D eigenvalue weighted by molar-refractivity contribution is -0.910. The van der Waals surface area contributed by atoms with E-state index < -0.39 is 0 Å². The molecule has 0 aliphatic carbocycles. The summed E-state index contributed by atoms with van der Waals surface area (Å²) < 4.78 is 0.905. The molecule has 0 amide bonds. The van der Waals surface area contributed by atoms with Crippen LogP contribution in [0, 0.1) is 0 Å². The molecule has 1 fully saturated rings. The molecule has 1 aromatic heterocycles. The zero-order valence-corrected chi connectivity index (χ0v) is 12.0. The first kappa shape index (κ1) is 15.8. The Morgan fingerprint density at radius 1 is 1.37 bits per heavy atom. The van der Waals surface area contributed by atoms with Crippen LogP contribution in [0.3, 0.4) is 0 Å². The summed E-state index contributed by atoms with van der Waals surface area (Å²) in [6.07, 6.45) is 1.64. The van der Waals surface area contributed by atoms with Crippen molar-refractivity contribution < 1.29 is 22.0 Å². The molecular formula is C12H22ClN5O. The highest BCUT2D eigenvalue weighted by molar-refractivity contribution is 5.66. The van der Waals surface area contributed by atoms with E-state index in [1.807, 2.05) is 0 Å². The second kappa shape index (κ2) is 6.27. The van der Waals surface area contributed by atoms with E-state index in [9.17, 15) is 0 Å². The van der Waals surface area contributed by atoms with E-state index in [0.717, 1.165) is 43.0 Å². The van der Waals surface area contributed by atoms with Gasteiger partial charge in [0, 0.05) is 0 Å². The predicted octanol–water partition coefficient (Wildman–Crippen LogP) is -3.49. The number of halogens is 1. The van der Waals surface area contributed by atoms with Gasteiger partial charge in [-0.05, 0) is 6.07 Å². The summed E-state index contributed by atoms with van der Waals surface area (Å²) in [5.41, 5.74) is 12.8. The zero-order valence-electron chi connectivity index (χ0n) is 11.2. The molecule has 1 aromatic rings. The van der Waals surface area contributed by atoms with Gasteiger partial charge in [-0.1, -0.05) is 0 Å². The second-order valence-corrected chi connectivity index (χ2v) is 5.18. The van der Waals surface area contributed by atoms with Gasteiger partial charge in [0.05, 0.1) is 57.4 Å². The van der Waals surface area contributed by atoms with Crippen molar-refractivity contribution in [1.29, 1.82) is 0 Å². The minimum atomic E-state index is 0. The first-order valence-electron chi connectivity index (χ1n) is 6.24. The summed E-state index contributed by atoms with van der Waals surface area (Å²) in [5, 5.41) is 9.07. The van der Waals surface area contributed by atoms with Crippen LogP contribution in [0.15, 0.2) is 12.3 Å². The molecule has 6 nitrogen and oxygen atoms in total. The molecule has 0 atom stereocenters. The summed E-state index contributed by atoms with van der Waals surface area (Å²) in [5.74, 6) is 0.819. The Hall–Kier alpha value is -1.24. The number of aromatic nitrogens is 1. The Kier molecular flexibility index (Phi) is 5.22. The summed E-state index contributed by atoms with van der Waals surface area (Å²) in [6.45, 7) is 4.82. The van der Waals surface area contributed by atoms with Crippen LogP contribution < -0.4 is 28.8 Å². The number of likely N-dealkylation sites (N-methyl/N-ethyl adjacent to an activating group) is 1. The third-order valence-electron chi connectivity index (χ3n) is 3.68. The molecule has 2 heterocycles. The molecule has 19 heavy (non-hydrogen) atoms. The molecule has 1 saturated heterocycles. The number of aliphatic hydroxyl groups is 1. The molecule has 1 aliphatic heterocycles. The van der Waals surface area contributed by atoms with Gasteiger partial charge in [0.15, 0.2) is 5.82 Å². The molecule has 0 bridgehead atoms. The fourth-order valence-corrected chi connectivity index (χ4v) is 2.38. The standard InChI is InChI=1S/C12H22N5O.ClH/c1-17(6-7-18)4-2-16(3-5-17)12-11(14)8-10(13)9-15-12;/h8-9,18H,2-7,13-14H2,1H3;1H/q+1;/p-1. The predicted molar refractivity (Wildman–Crippen MR) is 73.1 cm³/mol. The summed E-state index contributed by atoms with van der Waals surface area (Å²) in [6, 6.07) is 1.75. The van der Waals surface area contributed by atoms with Crippen molar-refractivity contribution in [3.05, 3.63) is 12.3 Å². The lowest BCUT2D eigenvalue weighted by Gasteiger charge is -2.42. The number of hydrogen-bond acceptors (Lipinski definition) is 5. The minimum absolute atomic E-state index is 0. The van der Waals surface area contributed by atoms with Crippen LogP contribution in [0.5, 0.6) is 0 Å². The lowest BCUT2D eigenvalue weighted by Crippen LogP contribution is -3.00. The van der Waals surface area contributed by atoms with Crippen molar-refractivity contribution in [3.8, 4) is 0 Å². The van der Waals surface area contributed by atoms with Crippen molar-refractivity contribution in [2.75, 3.05) is 62.7 Å². The molecule has 0 unspecified atom stereocenters. The smallest absolute Gasteiger partial charge is 0.152 e. The molecule has 0 spiro atoms. The third kappa shape index (κ3) is 3.62. The van der Waals surface area contributed by atoms with Gasteiger partial charge in [0.2, 0.25) is 0 Å². The highest BCUT2D eigenvalue weighted by atomic mass is 35.5. The van der Waals surface area contributed by atoms with Crippen molar-refractivity contribution in [2.45, 2.75) is 0 Å². The molecule has 7 heteroatoms. The van der Waals surface area contributed by atoms with Gasteiger partial charge < -0.3 is 38.4 Å². The third-order valence-corrected chi connectivity index (χ3v) is 3.68. The van der Waals surface area contributed by atoms with E-state index in [1.165, 1.54) is 0 Å². The second-order valence-electron chi connectivity index (χ2n) is 5.18. The number of rotatable bonds is 3. The molecule has 1 aliphatic rings. The van der Waals surface area contributed by atoms with E-state index in [1.54, 1.807) is 12.3 Å². The maximum atomic E-state index is 9.07. The van der Waals surface area contributed by atoms with Crippen LogP contribution in [0.1, 0.15) is 0 Å². The number of nitrogens with two attached hydrogens (primary N) is 2. The quantitative estimate of drug-likeness (QED) is 0.502. The van der Waals surface area contributed by atoms with Gasteiger partial charge >= 0.3 is 0 Å². The van der Waals surface area contributed by atoms with Crippen LogP contribution in [0.25, 0.3) is 0 Å². The largest absolute Gasteiger partial charge is 1.00 e. The van der Waals surface area contributed by atoms with Crippen molar-refractivity contribution in [2.24, 2.45) is 0 Å².